The number of carbonyl (C=O) groups excluding carboxylic acids is 3. The lowest BCUT2D eigenvalue weighted by atomic mass is 10.1. The van der Waals surface area contributed by atoms with E-state index in [0.29, 0.717) is 0 Å². The minimum Gasteiger partial charge on any atom is -0.457 e. The number of benzene rings is 2. The van der Waals surface area contributed by atoms with Crippen LogP contribution in [0.15, 0.2) is 42.5 Å². The molecule has 8 nitrogen and oxygen atoms in total. The van der Waals surface area contributed by atoms with Gasteiger partial charge in [0.15, 0.2) is 6.61 Å². The van der Waals surface area contributed by atoms with Gasteiger partial charge in [-0.05, 0) is 25.0 Å². The molecule has 0 aliphatic carbocycles. The van der Waals surface area contributed by atoms with E-state index in [9.17, 15) is 24.5 Å². The highest BCUT2D eigenvalue weighted by Gasteiger charge is 2.37. The Bertz CT molecular complexity index is 980. The molecule has 0 unspecified atom stereocenters. The molecule has 2 aromatic carbocycles. The van der Waals surface area contributed by atoms with E-state index in [0.717, 1.165) is 22.9 Å². The van der Waals surface area contributed by atoms with E-state index in [4.69, 9.17) is 4.74 Å². The molecule has 2 aromatic rings. The van der Waals surface area contributed by atoms with E-state index < -0.39 is 29.2 Å². The molecule has 0 aromatic heterocycles. The summed E-state index contributed by atoms with van der Waals surface area (Å²) in [6, 6.07) is 10.9. The van der Waals surface area contributed by atoms with Crippen molar-refractivity contribution in [2.24, 2.45) is 5.92 Å². The zero-order chi connectivity index (χ0) is 21.1. The summed E-state index contributed by atoms with van der Waals surface area (Å²) in [6.45, 7) is 3.46. The van der Waals surface area contributed by atoms with Gasteiger partial charge in [0.1, 0.15) is 0 Å². The topological polar surface area (TPSA) is 107 Å². The lowest BCUT2D eigenvalue weighted by Crippen LogP contribution is -2.28. The number of amides is 1. The largest absolute Gasteiger partial charge is 0.457 e. The highest BCUT2D eigenvalue weighted by atomic mass is 16.6. The first-order chi connectivity index (χ1) is 13.8. The van der Waals surface area contributed by atoms with E-state index >= 15 is 0 Å². The molecule has 1 aliphatic rings. The molecule has 29 heavy (non-hydrogen) atoms. The van der Waals surface area contributed by atoms with Gasteiger partial charge in [-0.15, -0.1) is 0 Å². The van der Waals surface area contributed by atoms with E-state index in [1.54, 1.807) is 4.90 Å². The molecule has 1 atom stereocenters. The highest BCUT2D eigenvalue weighted by molar-refractivity contribution is 6.01. The van der Waals surface area contributed by atoms with Crippen molar-refractivity contribution in [3.05, 3.63) is 69.3 Å². The van der Waals surface area contributed by atoms with Crippen molar-refractivity contribution in [1.82, 2.24) is 0 Å². The van der Waals surface area contributed by atoms with Crippen molar-refractivity contribution in [3.8, 4) is 0 Å². The zero-order valence-corrected chi connectivity index (χ0v) is 16.1. The Balaban J connectivity index is 1.63. The normalized spacial score (nSPS) is 16.0. The van der Waals surface area contributed by atoms with Crippen LogP contribution in [0.4, 0.5) is 11.4 Å². The highest BCUT2D eigenvalue weighted by Crippen LogP contribution is 2.31. The zero-order valence-electron chi connectivity index (χ0n) is 16.1. The number of ether oxygens (including phenoxy) is 1. The molecule has 0 bridgehead atoms. The molecular formula is C21H20N2O6. The average Bonchev–Trinajstić information content (AvgIpc) is 3.07. The number of Topliss-reactive ketones (excluding diaryl/α,β-unsaturated/α-hetero) is 1. The summed E-state index contributed by atoms with van der Waals surface area (Å²) < 4.78 is 5.10. The summed E-state index contributed by atoms with van der Waals surface area (Å²) in [4.78, 5) is 48.8. The van der Waals surface area contributed by atoms with Crippen LogP contribution in [0.3, 0.4) is 0 Å². The van der Waals surface area contributed by atoms with Crippen LogP contribution in [0.1, 0.15) is 27.9 Å². The van der Waals surface area contributed by atoms with Gasteiger partial charge in [0, 0.05) is 36.3 Å². The molecule has 1 heterocycles. The second-order valence-electron chi connectivity index (χ2n) is 6.98. The van der Waals surface area contributed by atoms with Crippen molar-refractivity contribution >= 4 is 29.0 Å². The predicted octanol–water partition coefficient (Wildman–Crippen LogP) is 2.99. The molecular weight excluding hydrogens is 376 g/mol. The molecule has 1 saturated heterocycles. The minimum atomic E-state index is -0.667. The Morgan fingerprint density at radius 3 is 2.48 bits per heavy atom. The number of rotatable bonds is 6. The summed E-state index contributed by atoms with van der Waals surface area (Å²) >= 11 is 0. The maximum atomic E-state index is 12.4. The van der Waals surface area contributed by atoms with Gasteiger partial charge in [0.25, 0.3) is 5.69 Å². The maximum Gasteiger partial charge on any atom is 0.311 e. The van der Waals surface area contributed by atoms with Crippen molar-refractivity contribution in [2.45, 2.75) is 20.3 Å². The van der Waals surface area contributed by atoms with Gasteiger partial charge in [0.2, 0.25) is 11.7 Å². The summed E-state index contributed by atoms with van der Waals surface area (Å²) in [6.07, 6.45) is 0.0115. The Morgan fingerprint density at radius 2 is 1.83 bits per heavy atom. The smallest absolute Gasteiger partial charge is 0.311 e. The Labute approximate surface area is 167 Å². The summed E-state index contributed by atoms with van der Waals surface area (Å²) in [5.74, 6) is -2.02. The van der Waals surface area contributed by atoms with E-state index in [1.807, 2.05) is 32.0 Å². The van der Waals surface area contributed by atoms with E-state index in [1.165, 1.54) is 18.2 Å². The third-order valence-electron chi connectivity index (χ3n) is 4.89. The lowest BCUT2D eigenvalue weighted by molar-refractivity contribution is -0.384. The maximum absolute atomic E-state index is 12.4. The molecule has 1 fully saturated rings. The molecule has 1 amide bonds. The Kier molecular flexibility index (Phi) is 5.72. The number of ketones is 1. The standard InChI is InChI=1S/C21H20N2O6/c1-13-5-3-6-14(2)20(13)22-11-16(10-19(22)25)21(26)29-12-18(24)15-7-4-8-17(9-15)23(27)28/h3-9,16H,10-12H2,1-2H3/t16-/m0/s1. The summed E-state index contributed by atoms with van der Waals surface area (Å²) in [5.41, 5.74) is 2.54. The Morgan fingerprint density at radius 1 is 1.17 bits per heavy atom. The van der Waals surface area contributed by atoms with Crippen molar-refractivity contribution in [2.75, 3.05) is 18.1 Å². The van der Waals surface area contributed by atoms with Gasteiger partial charge in [-0.25, -0.2) is 0 Å². The minimum absolute atomic E-state index is 0.0115. The number of hydrogen-bond acceptors (Lipinski definition) is 6. The van der Waals surface area contributed by atoms with Gasteiger partial charge in [-0.2, -0.15) is 0 Å². The number of non-ortho nitro benzene ring substituents is 1. The number of aryl methyl sites for hydroxylation is 2. The molecule has 3 rings (SSSR count). The van der Waals surface area contributed by atoms with Gasteiger partial charge >= 0.3 is 5.97 Å². The lowest BCUT2D eigenvalue weighted by Gasteiger charge is -2.21. The predicted molar refractivity (Wildman–Crippen MR) is 105 cm³/mol. The number of esters is 1. The fraction of sp³-hybridized carbons (Fsp3) is 0.286. The average molecular weight is 396 g/mol. The second kappa shape index (κ2) is 8.22. The fourth-order valence-corrected chi connectivity index (χ4v) is 3.44. The van der Waals surface area contributed by atoms with Crippen LogP contribution < -0.4 is 4.90 Å². The molecule has 0 spiro atoms. The van der Waals surface area contributed by atoms with Crippen LogP contribution in [-0.2, 0) is 14.3 Å². The molecule has 0 radical (unpaired) electrons. The second-order valence-corrected chi connectivity index (χ2v) is 6.98. The third kappa shape index (κ3) is 4.31. The SMILES string of the molecule is Cc1cccc(C)c1N1C[C@@H](C(=O)OCC(=O)c2cccc([N+](=O)[O-])c2)CC1=O. The first kappa shape index (κ1) is 20.2. The first-order valence-corrected chi connectivity index (χ1v) is 9.09. The Hall–Kier alpha value is -3.55. The number of hydrogen-bond donors (Lipinski definition) is 0. The van der Waals surface area contributed by atoms with Gasteiger partial charge in [-0.1, -0.05) is 30.3 Å². The van der Waals surface area contributed by atoms with Gasteiger partial charge in [0.05, 0.1) is 10.8 Å². The van der Waals surface area contributed by atoms with Crippen LogP contribution in [0.5, 0.6) is 0 Å². The van der Waals surface area contributed by atoms with Gasteiger partial charge in [-0.3, -0.25) is 24.5 Å². The first-order valence-electron chi connectivity index (χ1n) is 9.09. The number of carbonyl (C=O) groups is 3. The monoisotopic (exact) mass is 396 g/mol. The number of anilines is 1. The summed E-state index contributed by atoms with van der Waals surface area (Å²) in [5, 5.41) is 10.8. The molecule has 8 heteroatoms. The quantitative estimate of drug-likeness (QED) is 0.322. The third-order valence-corrected chi connectivity index (χ3v) is 4.89. The number of nitro benzene ring substituents is 1. The van der Waals surface area contributed by atoms with E-state index in [-0.39, 0.29) is 30.1 Å². The van der Waals surface area contributed by atoms with Crippen LogP contribution in [0.2, 0.25) is 0 Å². The van der Waals surface area contributed by atoms with Crippen molar-refractivity contribution in [3.63, 3.8) is 0 Å². The van der Waals surface area contributed by atoms with Crippen molar-refractivity contribution < 1.29 is 24.0 Å². The fourth-order valence-electron chi connectivity index (χ4n) is 3.44. The van der Waals surface area contributed by atoms with Crippen LogP contribution in [0, 0.1) is 29.9 Å². The number of para-hydroxylation sites is 1. The number of nitrogens with zero attached hydrogens (tertiary/aromatic N) is 2. The van der Waals surface area contributed by atoms with Crippen LogP contribution in [0.25, 0.3) is 0 Å². The van der Waals surface area contributed by atoms with Crippen LogP contribution >= 0.6 is 0 Å². The number of nitro groups is 1. The molecule has 0 N–H and O–H groups in total. The van der Waals surface area contributed by atoms with Crippen LogP contribution in [-0.4, -0.2) is 35.7 Å². The molecule has 1 aliphatic heterocycles. The van der Waals surface area contributed by atoms with Gasteiger partial charge < -0.3 is 9.64 Å². The molecule has 150 valence electrons. The summed E-state index contributed by atoms with van der Waals surface area (Å²) in [7, 11) is 0. The van der Waals surface area contributed by atoms with E-state index in [2.05, 4.69) is 0 Å². The van der Waals surface area contributed by atoms with Crippen molar-refractivity contribution in [1.29, 1.82) is 0 Å². The molecule has 0 saturated carbocycles.